The molecule has 0 bridgehead atoms. The Labute approximate surface area is 329 Å². The summed E-state index contributed by atoms with van der Waals surface area (Å²) in [7, 11) is -21.3. The first-order chi connectivity index (χ1) is 32.7. The molecule has 0 spiro atoms. The van der Waals surface area contributed by atoms with Gasteiger partial charge in [-0.25, -0.2) is 0 Å². The van der Waals surface area contributed by atoms with Gasteiger partial charge in [0, 0.05) is 37.0 Å². The molecule has 0 aliphatic heterocycles. The average Bonchev–Trinajstić information content (AvgIpc) is 3.25. The maximum atomic E-state index is 9.87. The molecule has 0 unspecified atom stereocenters. The van der Waals surface area contributed by atoms with Gasteiger partial charge in [0.05, 0.1) is 67.1 Å². The summed E-state index contributed by atoms with van der Waals surface area (Å²) in [5.41, 5.74) is -1.82. The topological polar surface area (TPSA) is 77.3 Å². The number of hydrogen-bond donors (Lipinski definition) is 0. The van der Waals surface area contributed by atoms with Crippen LogP contribution in [0.5, 0.6) is 0 Å². The van der Waals surface area contributed by atoms with Crippen molar-refractivity contribution in [1.29, 1.82) is 0 Å². The summed E-state index contributed by atoms with van der Waals surface area (Å²) in [4.78, 5) is 21.8. The molecule has 0 aromatic carbocycles. The van der Waals surface area contributed by atoms with Crippen LogP contribution < -0.4 is 0 Å². The predicted molar refractivity (Wildman–Crippen MR) is 170 cm³/mol. The fourth-order valence-electron chi connectivity index (χ4n) is 2.05. The third kappa shape index (κ3) is 28.0. The van der Waals surface area contributed by atoms with E-state index in [2.05, 4.69) is 29.9 Å². The van der Waals surface area contributed by atoms with Gasteiger partial charge in [-0.1, -0.05) is 36.3 Å². The smallest absolute Gasteiger partial charge is 0.255 e. The second kappa shape index (κ2) is 16.7. The van der Waals surface area contributed by atoms with Crippen LogP contribution >= 0.6 is 15.6 Å². The van der Waals surface area contributed by atoms with E-state index in [1.807, 2.05) is 0 Å². The second-order valence-electron chi connectivity index (χ2n) is 7.60. The van der Waals surface area contributed by atoms with Crippen LogP contribution in [0.1, 0.15) is 32.9 Å². The summed E-state index contributed by atoms with van der Waals surface area (Å²) in [5, 5.41) is 0. The van der Waals surface area contributed by atoms with E-state index in [1.54, 1.807) is 0 Å². The van der Waals surface area contributed by atoms with Gasteiger partial charge < -0.3 is 0 Å². The molecule has 0 saturated carbocycles. The summed E-state index contributed by atoms with van der Waals surface area (Å²) in [5.74, 6) is 0. The Balaban J connectivity index is 0.000000496. The number of halogens is 12. The summed E-state index contributed by atoms with van der Waals surface area (Å²) >= 11 is 0. The molecule has 276 valence electrons. The molecular weight excluding hydrogens is 835 g/mol. The molecule has 0 fully saturated rings. The Bertz CT molecular complexity index is 2720. The van der Waals surface area contributed by atoms with Crippen molar-refractivity contribution in [3.05, 3.63) is 146 Å². The molecule has 0 saturated heterocycles. The van der Waals surface area contributed by atoms with Crippen molar-refractivity contribution in [2.45, 2.75) is 0 Å². The summed E-state index contributed by atoms with van der Waals surface area (Å²) < 4.78 is 299. The number of nitrogens with zero attached hydrogens (tertiary/aromatic N) is 6. The Morgan fingerprint density at radius 2 is 0.412 bits per heavy atom. The van der Waals surface area contributed by atoms with Gasteiger partial charge in [-0.3, -0.25) is 29.9 Å². The minimum atomic E-state index is -10.7. The van der Waals surface area contributed by atoms with Crippen LogP contribution in [-0.2, 0) is 19.5 Å². The number of pyridine rings is 6. The van der Waals surface area contributed by atoms with Crippen LogP contribution in [0.3, 0.4) is 0 Å². The van der Waals surface area contributed by atoms with Gasteiger partial charge in [-0.15, -0.1) is 0 Å². The maximum Gasteiger partial charge on any atom is 2.00 e. The molecule has 0 N–H and O–H groups in total. The van der Waals surface area contributed by atoms with E-state index in [-0.39, 0.29) is 53.6 Å². The summed E-state index contributed by atoms with van der Waals surface area (Å²) in [6.07, 6.45) is -3.28. The third-order valence-corrected chi connectivity index (χ3v) is 3.47. The quantitative estimate of drug-likeness (QED) is 0.100. The Morgan fingerprint density at radius 3 is 0.529 bits per heavy atom. The fraction of sp³-hybridized carbons (Fsp3) is 0. The van der Waals surface area contributed by atoms with Crippen LogP contribution in [0.2, 0.25) is 0 Å². The first-order valence-corrected chi connectivity index (χ1v) is 15.5. The molecule has 0 atom stereocenters. The molecule has 0 radical (unpaired) electrons. The second-order valence-corrected chi connectivity index (χ2v) is 11.4. The molecule has 21 heteroatoms. The zero-order valence-corrected chi connectivity index (χ0v) is 27.0. The van der Waals surface area contributed by atoms with Gasteiger partial charge in [0.25, 0.3) is 0 Å². The number of hydrogen-bond acceptors (Lipinski definition) is 6. The Kier molecular flexibility index (Phi) is 6.36. The van der Waals surface area contributed by atoms with E-state index in [1.165, 1.54) is 0 Å². The van der Waals surface area contributed by atoms with E-state index in [0.717, 1.165) is 0 Å². The van der Waals surface area contributed by atoms with Crippen molar-refractivity contribution < 1.29 is 103 Å². The van der Waals surface area contributed by atoms with Crippen LogP contribution in [0.15, 0.2) is 146 Å². The Morgan fingerprint density at radius 1 is 0.294 bits per heavy atom. The van der Waals surface area contributed by atoms with Crippen molar-refractivity contribution in [1.82, 2.24) is 29.9 Å². The SMILES string of the molecule is F[P-](F)(F)(F)(F)F.F[P-](F)(F)(F)(F)F.[2H]c1nc(-c2nc([2H])c([2H])c([2H])c2[2H])c([2H])c([2H])c1[2H].[2H]c1nc(-c2nc([2H])c([2H])c([2H])c2[2H])c([2H])c([2H])c1[2H].[2H]c1nc(-c2nc([2H])c([2H])c([2H])c2[2H])c([2H])c([2H])c1[2H].[Ru+2]. The van der Waals surface area contributed by atoms with E-state index < -0.39 is 161 Å². The van der Waals surface area contributed by atoms with E-state index in [0.29, 0.717) is 0 Å². The van der Waals surface area contributed by atoms with Crippen molar-refractivity contribution in [3.63, 3.8) is 0 Å². The van der Waals surface area contributed by atoms with Crippen LogP contribution in [-0.4, -0.2) is 29.9 Å². The first-order valence-electron chi connectivity index (χ1n) is 23.5. The first kappa shape index (κ1) is 19.4. The molecule has 6 heterocycles. The largest absolute Gasteiger partial charge is 2.00 e. The summed E-state index contributed by atoms with van der Waals surface area (Å²) in [6.45, 7) is 0. The monoisotopic (exact) mass is 884 g/mol. The van der Waals surface area contributed by atoms with Crippen LogP contribution in [0, 0.1) is 0 Å². The van der Waals surface area contributed by atoms with Gasteiger partial charge in [-0.2, -0.15) is 0 Å². The number of rotatable bonds is 3. The van der Waals surface area contributed by atoms with Gasteiger partial charge in [-0.05, 0) is 72.5 Å². The van der Waals surface area contributed by atoms with Crippen LogP contribution in [0.4, 0.5) is 50.4 Å². The van der Waals surface area contributed by atoms with Gasteiger partial charge in [0.2, 0.25) is 0 Å². The normalized spacial score (nSPS) is 19.8. The van der Waals surface area contributed by atoms with Gasteiger partial charge in [0.15, 0.2) is 0 Å². The minimum Gasteiger partial charge on any atom is -0.255 e. The summed E-state index contributed by atoms with van der Waals surface area (Å²) in [6, 6.07) is -9.26. The third-order valence-electron chi connectivity index (χ3n) is 3.47. The Hall–Kier alpha value is -4.46. The zero-order valence-electron chi connectivity index (χ0n) is 47.5. The molecule has 0 aliphatic carbocycles. The number of aromatic nitrogens is 6. The van der Waals surface area contributed by atoms with E-state index in [9.17, 15) is 50.4 Å². The molecular formula is C30H24F12N6P2Ru. The van der Waals surface area contributed by atoms with Crippen LogP contribution in [0.25, 0.3) is 34.2 Å². The van der Waals surface area contributed by atoms with Crippen molar-refractivity contribution in [3.8, 4) is 34.2 Å². The van der Waals surface area contributed by atoms with Gasteiger partial charge >= 0.3 is 85.5 Å². The minimum absolute atomic E-state index is 0. The van der Waals surface area contributed by atoms with E-state index in [4.69, 9.17) is 32.9 Å². The molecule has 6 aromatic heterocycles. The molecule has 0 amide bonds. The van der Waals surface area contributed by atoms with Crippen molar-refractivity contribution in [2.75, 3.05) is 0 Å². The molecule has 6 rings (SSSR count). The average molecular weight is 884 g/mol. The van der Waals surface area contributed by atoms with Gasteiger partial charge in [0.1, 0.15) is 0 Å². The molecule has 6 nitrogen and oxygen atoms in total. The van der Waals surface area contributed by atoms with E-state index >= 15 is 0 Å². The molecule has 0 aliphatic rings. The molecule has 51 heavy (non-hydrogen) atoms. The van der Waals surface area contributed by atoms with Crippen molar-refractivity contribution >= 4 is 15.6 Å². The zero-order chi connectivity index (χ0) is 58.4. The standard InChI is InChI=1S/3C10H8N2.2F6P.Ru/c3*1-3-7-11-9(5-1)10-6-2-4-8-12-10;2*1-7(2,3,4,5)6;/h3*1-8H;;;/q;;;2*-1;+2/i3*1D,2D,3D,4D,5D,6D,7D,8D;;;. The maximum absolute atomic E-state index is 10.7. The predicted octanol–water partition coefficient (Wildman–Crippen LogP) is 13.2. The fourth-order valence-corrected chi connectivity index (χ4v) is 2.05. The van der Waals surface area contributed by atoms with Crippen molar-refractivity contribution in [2.24, 2.45) is 0 Å². The molecule has 6 aromatic rings.